The third-order valence-corrected chi connectivity index (χ3v) is 9.82. The summed E-state index contributed by atoms with van der Waals surface area (Å²) in [6, 6.07) is 30.3. The van der Waals surface area contributed by atoms with Crippen molar-refractivity contribution >= 4 is 64.8 Å². The zero-order valence-corrected chi connectivity index (χ0v) is 25.6. The largest absolute Gasteiger partial charge is 0.280 e. The highest BCUT2D eigenvalue weighted by molar-refractivity contribution is 9.10. The van der Waals surface area contributed by atoms with Crippen LogP contribution in [0.15, 0.2) is 118 Å². The van der Waals surface area contributed by atoms with Gasteiger partial charge in [-0.3, -0.25) is 4.79 Å². The van der Waals surface area contributed by atoms with E-state index in [0.717, 1.165) is 25.8 Å². The van der Waals surface area contributed by atoms with Crippen molar-refractivity contribution in [2.45, 2.75) is 31.3 Å². The average Bonchev–Trinajstić information content (AvgIpc) is 3.39. The standard InChI is InChI=1S/C31H27BrN4O3S2/c1-22(2)35(21-24-11-7-4-8-12-24)41(38,39)27-16-13-25(14-17-27)30(37)36(33-20-23-9-5-3-6-10-23)31-34-28-18-15-26(32)19-29(28)40-31/h3-20,22H,21H2,1-2H3/b33-20+. The maximum absolute atomic E-state index is 13.8. The van der Waals surface area contributed by atoms with Crippen molar-refractivity contribution in [2.75, 3.05) is 5.01 Å². The van der Waals surface area contributed by atoms with E-state index in [-0.39, 0.29) is 23.0 Å². The molecule has 0 aliphatic carbocycles. The predicted octanol–water partition coefficient (Wildman–Crippen LogP) is 7.34. The molecule has 5 aromatic rings. The first-order valence-electron chi connectivity index (χ1n) is 12.9. The van der Waals surface area contributed by atoms with Gasteiger partial charge in [-0.05, 0) is 67.4 Å². The summed E-state index contributed by atoms with van der Waals surface area (Å²) in [5, 5.41) is 6.15. The van der Waals surface area contributed by atoms with Crippen LogP contribution in [-0.2, 0) is 16.6 Å². The lowest BCUT2D eigenvalue weighted by Gasteiger charge is -2.26. The molecule has 0 aliphatic heterocycles. The number of amides is 1. The number of carbonyl (C=O) groups excluding carboxylic acids is 1. The summed E-state index contributed by atoms with van der Waals surface area (Å²) in [6.45, 7) is 3.94. The van der Waals surface area contributed by atoms with Crippen LogP contribution in [0.1, 0.15) is 35.3 Å². The molecule has 0 unspecified atom stereocenters. The van der Waals surface area contributed by atoms with Gasteiger partial charge in [0, 0.05) is 22.6 Å². The van der Waals surface area contributed by atoms with Crippen molar-refractivity contribution in [3.63, 3.8) is 0 Å². The SMILES string of the molecule is CC(C)N(Cc1ccccc1)S(=O)(=O)c1ccc(C(=O)N(/N=C/c2ccccc2)c2nc3ccc(Br)cc3s2)cc1. The van der Waals surface area contributed by atoms with Gasteiger partial charge in [0.15, 0.2) is 0 Å². The number of aromatic nitrogens is 1. The number of halogens is 1. The number of anilines is 1. The highest BCUT2D eigenvalue weighted by atomic mass is 79.9. The van der Waals surface area contributed by atoms with Gasteiger partial charge in [0.1, 0.15) is 0 Å². The Morgan fingerprint density at radius 2 is 1.61 bits per heavy atom. The number of hydrogen-bond donors (Lipinski definition) is 0. The first kappa shape index (κ1) is 28.8. The molecular formula is C31H27BrN4O3S2. The smallest absolute Gasteiger partial charge is 0.267 e. The van der Waals surface area contributed by atoms with E-state index in [1.54, 1.807) is 6.21 Å². The maximum atomic E-state index is 13.8. The molecule has 4 aromatic carbocycles. The molecule has 0 spiro atoms. The summed E-state index contributed by atoms with van der Waals surface area (Å²) >= 11 is 4.82. The molecule has 0 fully saturated rings. The van der Waals surface area contributed by atoms with Crippen molar-refractivity contribution in [2.24, 2.45) is 5.10 Å². The first-order chi connectivity index (χ1) is 19.7. The molecule has 0 radical (unpaired) electrons. The number of fused-ring (bicyclic) bond motifs is 1. The second kappa shape index (κ2) is 12.4. The molecule has 0 N–H and O–H groups in total. The quantitative estimate of drug-likeness (QED) is 0.124. The summed E-state index contributed by atoms with van der Waals surface area (Å²) in [7, 11) is -3.82. The van der Waals surface area contributed by atoms with E-state index in [9.17, 15) is 13.2 Å². The number of hydrazone groups is 1. The number of rotatable bonds is 9. The molecule has 0 aliphatic rings. The van der Waals surface area contributed by atoms with Crippen molar-refractivity contribution in [3.05, 3.63) is 124 Å². The Morgan fingerprint density at radius 3 is 2.27 bits per heavy atom. The normalized spacial score (nSPS) is 12.0. The number of thiazole rings is 1. The third-order valence-electron chi connectivity index (χ3n) is 6.30. The Bertz CT molecular complexity index is 1790. The Morgan fingerprint density at radius 1 is 0.951 bits per heavy atom. The Hall–Kier alpha value is -3.70. The molecule has 5 rings (SSSR count). The lowest BCUT2D eigenvalue weighted by Crippen LogP contribution is -2.36. The summed E-state index contributed by atoms with van der Waals surface area (Å²) in [4.78, 5) is 18.5. The number of hydrogen-bond acceptors (Lipinski definition) is 6. The summed E-state index contributed by atoms with van der Waals surface area (Å²) in [5.41, 5.74) is 2.75. The number of nitrogens with zero attached hydrogens (tertiary/aromatic N) is 4. The van der Waals surface area contributed by atoms with Crippen molar-refractivity contribution < 1.29 is 13.2 Å². The molecule has 10 heteroatoms. The molecule has 0 atom stereocenters. The highest BCUT2D eigenvalue weighted by Crippen LogP contribution is 2.32. The Kier molecular flexibility index (Phi) is 8.74. The van der Waals surface area contributed by atoms with E-state index in [1.807, 2.05) is 92.7 Å². The van der Waals surface area contributed by atoms with Gasteiger partial charge in [-0.15, -0.1) is 0 Å². The topological polar surface area (TPSA) is 82.9 Å². The zero-order valence-electron chi connectivity index (χ0n) is 22.4. The fourth-order valence-corrected chi connectivity index (χ4v) is 7.26. The zero-order chi connectivity index (χ0) is 29.0. The van der Waals surface area contributed by atoms with Gasteiger partial charge in [0.2, 0.25) is 15.2 Å². The fourth-order valence-electron chi connectivity index (χ4n) is 4.16. The lowest BCUT2D eigenvalue weighted by molar-refractivity contribution is 0.0987. The molecule has 41 heavy (non-hydrogen) atoms. The second-order valence-electron chi connectivity index (χ2n) is 9.53. The molecule has 1 amide bonds. The van der Waals surface area contributed by atoms with Crippen molar-refractivity contribution in [3.8, 4) is 0 Å². The summed E-state index contributed by atoms with van der Waals surface area (Å²) in [6.07, 6.45) is 1.60. The van der Waals surface area contributed by atoms with Crippen LogP contribution in [0.25, 0.3) is 10.2 Å². The van der Waals surface area contributed by atoms with Crippen LogP contribution in [0.2, 0.25) is 0 Å². The Labute approximate surface area is 252 Å². The van der Waals surface area contributed by atoms with Crippen LogP contribution < -0.4 is 5.01 Å². The number of benzene rings is 4. The number of carbonyl (C=O) groups is 1. The first-order valence-corrected chi connectivity index (χ1v) is 15.9. The predicted molar refractivity (Wildman–Crippen MR) is 169 cm³/mol. The lowest BCUT2D eigenvalue weighted by atomic mass is 10.2. The summed E-state index contributed by atoms with van der Waals surface area (Å²) in [5.74, 6) is -0.427. The van der Waals surface area contributed by atoms with E-state index in [1.165, 1.54) is 44.9 Å². The molecule has 1 aromatic heterocycles. The van der Waals surface area contributed by atoms with Crippen LogP contribution in [0.4, 0.5) is 5.13 Å². The third kappa shape index (κ3) is 6.62. The van der Waals surface area contributed by atoms with Crippen LogP contribution >= 0.6 is 27.3 Å². The van der Waals surface area contributed by atoms with Crippen molar-refractivity contribution in [1.29, 1.82) is 0 Å². The van der Waals surface area contributed by atoms with Gasteiger partial charge < -0.3 is 0 Å². The summed E-state index contributed by atoms with van der Waals surface area (Å²) < 4.78 is 30.5. The molecule has 0 saturated carbocycles. The minimum absolute atomic E-state index is 0.114. The van der Waals surface area contributed by atoms with Crippen LogP contribution in [0, 0.1) is 0 Å². The van der Waals surface area contributed by atoms with Crippen LogP contribution in [-0.4, -0.2) is 35.9 Å². The van der Waals surface area contributed by atoms with E-state index < -0.39 is 15.9 Å². The van der Waals surface area contributed by atoms with Gasteiger partial charge in [-0.25, -0.2) is 13.4 Å². The van der Waals surface area contributed by atoms with Gasteiger partial charge in [-0.1, -0.05) is 87.9 Å². The van der Waals surface area contributed by atoms with E-state index in [4.69, 9.17) is 0 Å². The van der Waals surface area contributed by atoms with E-state index >= 15 is 0 Å². The number of sulfonamides is 1. The van der Waals surface area contributed by atoms with E-state index in [2.05, 4.69) is 26.0 Å². The second-order valence-corrected chi connectivity index (χ2v) is 13.4. The van der Waals surface area contributed by atoms with Crippen molar-refractivity contribution in [1.82, 2.24) is 9.29 Å². The Balaban J connectivity index is 1.46. The molecule has 208 valence electrons. The molecule has 7 nitrogen and oxygen atoms in total. The fraction of sp³-hybridized carbons (Fsp3) is 0.129. The monoisotopic (exact) mass is 646 g/mol. The van der Waals surface area contributed by atoms with E-state index in [0.29, 0.717) is 5.13 Å². The van der Waals surface area contributed by atoms with Gasteiger partial charge >= 0.3 is 0 Å². The van der Waals surface area contributed by atoms with Gasteiger partial charge in [-0.2, -0.15) is 14.4 Å². The van der Waals surface area contributed by atoms with Gasteiger partial charge in [0.05, 0.1) is 21.3 Å². The van der Waals surface area contributed by atoms with Crippen LogP contribution in [0.5, 0.6) is 0 Å². The molecule has 1 heterocycles. The minimum atomic E-state index is -3.82. The van der Waals surface area contributed by atoms with Gasteiger partial charge in [0.25, 0.3) is 5.91 Å². The molecular weight excluding hydrogens is 620 g/mol. The molecule has 0 bridgehead atoms. The highest BCUT2D eigenvalue weighted by Gasteiger charge is 2.28. The maximum Gasteiger partial charge on any atom is 0.280 e. The molecule has 0 saturated heterocycles. The minimum Gasteiger partial charge on any atom is -0.267 e. The average molecular weight is 648 g/mol. The van der Waals surface area contributed by atoms with Crippen LogP contribution in [0.3, 0.4) is 0 Å².